The van der Waals surface area contributed by atoms with Crippen molar-refractivity contribution in [2.45, 2.75) is 11.3 Å². The number of amides is 1. The number of carboxylic acid groups (broad SMARTS) is 1. The van der Waals surface area contributed by atoms with Gasteiger partial charge in [-0.2, -0.15) is 4.31 Å². The fraction of sp³-hybridized carbons (Fsp3) is 0.500. The molecule has 0 radical (unpaired) electrons. The van der Waals surface area contributed by atoms with Crippen LogP contribution < -0.4 is 0 Å². The second kappa shape index (κ2) is 9.98. The van der Waals surface area contributed by atoms with E-state index in [1.807, 2.05) is 0 Å². The van der Waals surface area contributed by atoms with Crippen LogP contribution in [0.4, 0.5) is 4.39 Å². The summed E-state index contributed by atoms with van der Waals surface area (Å²) in [5, 5.41) is 8.65. The third-order valence-electron chi connectivity index (χ3n) is 4.14. The molecule has 1 amide bonds. The lowest BCUT2D eigenvalue weighted by Gasteiger charge is -2.34. The van der Waals surface area contributed by atoms with Gasteiger partial charge in [0.25, 0.3) is 0 Å². The molecule has 1 aliphatic rings. The number of carbonyl (C=O) groups excluding carboxylic acids is 1. The van der Waals surface area contributed by atoms with E-state index < -0.39 is 21.8 Å². The lowest BCUT2D eigenvalue weighted by atomic mass is 10.3. The molecule has 152 valence electrons. The van der Waals surface area contributed by atoms with Crippen LogP contribution in [-0.2, 0) is 19.6 Å². The molecule has 0 spiro atoms. The minimum atomic E-state index is -3.80. The smallest absolute Gasteiger partial charge is 0.304 e. The summed E-state index contributed by atoms with van der Waals surface area (Å²) in [6.45, 7) is 1.06. The molecular weight excluding hydrogens is 401 g/mol. The maximum Gasteiger partial charge on any atom is 0.304 e. The molecule has 1 saturated heterocycles. The van der Waals surface area contributed by atoms with Crippen LogP contribution in [0.15, 0.2) is 29.2 Å². The zero-order valence-electron chi connectivity index (χ0n) is 14.9. The molecule has 11 heteroatoms. The molecule has 1 aromatic carbocycles. The first-order valence-electron chi connectivity index (χ1n) is 8.14. The number of benzene rings is 1. The van der Waals surface area contributed by atoms with Crippen molar-refractivity contribution >= 4 is 34.3 Å². The van der Waals surface area contributed by atoms with Crippen molar-refractivity contribution in [1.82, 2.24) is 14.1 Å². The summed E-state index contributed by atoms with van der Waals surface area (Å²) in [5.74, 6) is -1.73. The summed E-state index contributed by atoms with van der Waals surface area (Å²) in [4.78, 5) is 25.9. The van der Waals surface area contributed by atoms with E-state index in [0.29, 0.717) is 0 Å². The molecule has 1 aromatic rings. The SMILES string of the molecule is CN(CCC(=O)O)CC(=O)N1CCN(S(=O)(=O)c2cccc(F)c2)CC1.Cl. The Hall–Kier alpha value is -1.75. The van der Waals surface area contributed by atoms with Gasteiger partial charge in [-0.05, 0) is 25.2 Å². The molecule has 0 aliphatic carbocycles. The molecule has 1 aliphatic heterocycles. The Morgan fingerprint density at radius 3 is 2.41 bits per heavy atom. The number of rotatable bonds is 7. The van der Waals surface area contributed by atoms with Gasteiger partial charge in [0.1, 0.15) is 5.82 Å². The van der Waals surface area contributed by atoms with Crippen LogP contribution in [0.3, 0.4) is 0 Å². The number of hydrogen-bond acceptors (Lipinski definition) is 5. The van der Waals surface area contributed by atoms with E-state index in [1.54, 1.807) is 16.8 Å². The van der Waals surface area contributed by atoms with Gasteiger partial charge in [0.2, 0.25) is 15.9 Å². The van der Waals surface area contributed by atoms with Crippen molar-refractivity contribution in [3.8, 4) is 0 Å². The molecule has 27 heavy (non-hydrogen) atoms. The highest BCUT2D eigenvalue weighted by Crippen LogP contribution is 2.18. The fourth-order valence-corrected chi connectivity index (χ4v) is 4.11. The number of aliphatic carboxylic acids is 1. The Morgan fingerprint density at radius 1 is 1.22 bits per heavy atom. The number of likely N-dealkylation sites (N-methyl/N-ethyl adjacent to an activating group) is 1. The molecule has 1 heterocycles. The number of nitrogens with zero attached hydrogens (tertiary/aromatic N) is 3. The summed E-state index contributed by atoms with van der Waals surface area (Å²) in [6, 6.07) is 4.84. The van der Waals surface area contributed by atoms with Gasteiger partial charge < -0.3 is 10.0 Å². The van der Waals surface area contributed by atoms with Gasteiger partial charge in [-0.15, -0.1) is 12.4 Å². The standard InChI is InChI=1S/C16H22FN3O5S.ClH/c1-18(6-5-16(22)23)12-15(21)19-7-9-20(10-8-19)26(24,25)14-4-2-3-13(17)11-14;/h2-4,11H,5-10,12H2,1H3,(H,22,23);1H. The van der Waals surface area contributed by atoms with Crippen molar-refractivity contribution < 1.29 is 27.5 Å². The van der Waals surface area contributed by atoms with Crippen LogP contribution in [0, 0.1) is 5.82 Å². The summed E-state index contributed by atoms with van der Waals surface area (Å²) >= 11 is 0. The summed E-state index contributed by atoms with van der Waals surface area (Å²) in [6.07, 6.45) is -0.0521. The van der Waals surface area contributed by atoms with Crippen molar-refractivity contribution in [1.29, 1.82) is 0 Å². The molecule has 0 aromatic heterocycles. The molecule has 2 rings (SSSR count). The van der Waals surface area contributed by atoms with E-state index in [9.17, 15) is 22.4 Å². The molecule has 0 saturated carbocycles. The van der Waals surface area contributed by atoms with Crippen LogP contribution in [0.2, 0.25) is 0 Å². The predicted octanol–water partition coefficient (Wildman–Crippen LogP) is 0.487. The molecular formula is C16H23ClFN3O5S. The first kappa shape index (κ1) is 23.3. The topological polar surface area (TPSA) is 98.2 Å². The van der Waals surface area contributed by atoms with E-state index in [4.69, 9.17) is 5.11 Å². The number of sulfonamides is 1. The van der Waals surface area contributed by atoms with Crippen molar-refractivity contribution in [2.75, 3.05) is 46.3 Å². The maximum absolute atomic E-state index is 13.3. The Labute approximate surface area is 164 Å². The van der Waals surface area contributed by atoms with Crippen molar-refractivity contribution in [3.05, 3.63) is 30.1 Å². The third kappa shape index (κ3) is 6.42. The summed E-state index contributed by atoms with van der Waals surface area (Å²) in [7, 11) is -2.14. The minimum Gasteiger partial charge on any atom is -0.481 e. The lowest BCUT2D eigenvalue weighted by Crippen LogP contribution is -2.52. The summed E-state index contributed by atoms with van der Waals surface area (Å²) < 4.78 is 39.6. The molecule has 1 N–H and O–H groups in total. The van der Waals surface area contributed by atoms with E-state index in [0.717, 1.165) is 6.07 Å². The number of piperazine rings is 1. The maximum atomic E-state index is 13.3. The average Bonchev–Trinajstić information content (AvgIpc) is 2.60. The number of halogens is 2. The molecule has 0 unspecified atom stereocenters. The van der Waals surface area contributed by atoms with Gasteiger partial charge in [-0.3, -0.25) is 14.5 Å². The normalized spacial score (nSPS) is 15.4. The second-order valence-electron chi connectivity index (χ2n) is 6.12. The van der Waals surface area contributed by atoms with Crippen molar-refractivity contribution in [2.24, 2.45) is 0 Å². The van der Waals surface area contributed by atoms with Gasteiger partial charge in [-0.25, -0.2) is 12.8 Å². The monoisotopic (exact) mass is 423 g/mol. The fourth-order valence-electron chi connectivity index (χ4n) is 2.65. The van der Waals surface area contributed by atoms with Gasteiger partial charge in [0.15, 0.2) is 0 Å². The van der Waals surface area contributed by atoms with Gasteiger partial charge in [0.05, 0.1) is 17.9 Å². The lowest BCUT2D eigenvalue weighted by molar-refractivity contribution is -0.138. The first-order valence-corrected chi connectivity index (χ1v) is 9.58. The van der Waals surface area contributed by atoms with Crippen LogP contribution in [0.25, 0.3) is 0 Å². The number of hydrogen-bond donors (Lipinski definition) is 1. The van der Waals surface area contributed by atoms with E-state index >= 15 is 0 Å². The van der Waals surface area contributed by atoms with Gasteiger partial charge in [0, 0.05) is 32.7 Å². The molecule has 8 nitrogen and oxygen atoms in total. The second-order valence-corrected chi connectivity index (χ2v) is 8.06. The van der Waals surface area contributed by atoms with E-state index in [1.165, 1.54) is 22.5 Å². The van der Waals surface area contributed by atoms with Crippen LogP contribution in [0.5, 0.6) is 0 Å². The highest BCUT2D eigenvalue weighted by Gasteiger charge is 2.30. The zero-order chi connectivity index (χ0) is 19.3. The predicted molar refractivity (Wildman–Crippen MR) is 98.7 cm³/mol. The third-order valence-corrected chi connectivity index (χ3v) is 6.03. The minimum absolute atomic E-state index is 0. The van der Waals surface area contributed by atoms with Crippen LogP contribution >= 0.6 is 12.4 Å². The Bertz CT molecular complexity index is 769. The highest BCUT2D eigenvalue weighted by molar-refractivity contribution is 7.89. The number of carbonyl (C=O) groups is 2. The van der Waals surface area contributed by atoms with E-state index in [2.05, 4.69) is 0 Å². The van der Waals surface area contributed by atoms with Gasteiger partial charge in [-0.1, -0.05) is 6.07 Å². The zero-order valence-corrected chi connectivity index (χ0v) is 16.5. The Balaban J connectivity index is 0.00000364. The molecule has 0 atom stereocenters. The average molecular weight is 424 g/mol. The highest BCUT2D eigenvalue weighted by atomic mass is 35.5. The van der Waals surface area contributed by atoms with Crippen LogP contribution in [0.1, 0.15) is 6.42 Å². The largest absolute Gasteiger partial charge is 0.481 e. The van der Waals surface area contributed by atoms with Crippen LogP contribution in [-0.4, -0.2) is 85.8 Å². The number of carboxylic acids is 1. The van der Waals surface area contributed by atoms with E-state index in [-0.39, 0.29) is 68.9 Å². The van der Waals surface area contributed by atoms with Crippen molar-refractivity contribution in [3.63, 3.8) is 0 Å². The summed E-state index contributed by atoms with van der Waals surface area (Å²) in [5.41, 5.74) is 0. The molecule has 0 bridgehead atoms. The molecule has 1 fully saturated rings. The Kier molecular flexibility index (Phi) is 8.60. The first-order chi connectivity index (χ1) is 12.2. The quantitative estimate of drug-likeness (QED) is 0.685. The Morgan fingerprint density at radius 2 is 1.85 bits per heavy atom. The van der Waals surface area contributed by atoms with Gasteiger partial charge >= 0.3 is 5.97 Å².